The van der Waals surface area contributed by atoms with Gasteiger partial charge in [0.15, 0.2) is 0 Å². The van der Waals surface area contributed by atoms with Gasteiger partial charge < -0.3 is 14.6 Å². The first-order chi connectivity index (χ1) is 12.2. The first kappa shape index (κ1) is 16.4. The fourth-order valence-electron chi connectivity index (χ4n) is 3.45. The van der Waals surface area contributed by atoms with Gasteiger partial charge in [0, 0.05) is 49.9 Å². The van der Waals surface area contributed by atoms with E-state index in [1.807, 2.05) is 13.2 Å². The average molecular weight is 345 g/mol. The van der Waals surface area contributed by atoms with E-state index in [-0.39, 0.29) is 18.2 Å². The molecule has 134 valence electrons. The van der Waals surface area contributed by atoms with E-state index in [9.17, 15) is 5.11 Å². The van der Waals surface area contributed by atoms with Crippen molar-refractivity contribution in [2.45, 2.75) is 31.1 Å². The van der Waals surface area contributed by atoms with Crippen LogP contribution in [-0.2, 0) is 11.8 Å². The number of hydrogen-bond donors (Lipinski definition) is 1. The van der Waals surface area contributed by atoms with Crippen LogP contribution in [0.5, 0.6) is 6.01 Å². The van der Waals surface area contributed by atoms with Crippen LogP contribution in [0.2, 0.25) is 0 Å². The summed E-state index contributed by atoms with van der Waals surface area (Å²) in [5, 5.41) is 14.1. The van der Waals surface area contributed by atoms with Crippen LogP contribution in [0.25, 0.3) is 11.1 Å². The number of piperidine rings is 1. The van der Waals surface area contributed by atoms with E-state index in [2.05, 4.69) is 20.0 Å². The molecule has 4 heterocycles. The Hall–Kier alpha value is -2.03. The summed E-state index contributed by atoms with van der Waals surface area (Å²) in [4.78, 5) is 10.9. The van der Waals surface area contributed by atoms with Gasteiger partial charge in [0.1, 0.15) is 6.10 Å². The highest BCUT2D eigenvalue weighted by Gasteiger charge is 2.34. The molecule has 0 aromatic carbocycles. The topological polar surface area (TPSA) is 85.5 Å². The molecule has 2 saturated heterocycles. The minimum Gasteiger partial charge on any atom is -0.460 e. The molecular formula is C17H23N5O3. The summed E-state index contributed by atoms with van der Waals surface area (Å²) in [6.45, 7) is 2.84. The quantitative estimate of drug-likeness (QED) is 0.862. The summed E-state index contributed by atoms with van der Waals surface area (Å²) in [6.07, 6.45) is 8.78. The molecule has 0 aliphatic carbocycles. The largest absolute Gasteiger partial charge is 0.460 e. The number of aryl methyl sites for hydroxylation is 1. The van der Waals surface area contributed by atoms with Crippen molar-refractivity contribution < 1.29 is 14.6 Å². The second-order valence-corrected chi connectivity index (χ2v) is 6.68. The van der Waals surface area contributed by atoms with Gasteiger partial charge in [0.25, 0.3) is 0 Å². The lowest BCUT2D eigenvalue weighted by atomic mass is 10.0. The van der Waals surface area contributed by atoms with Gasteiger partial charge in [0.05, 0.1) is 31.6 Å². The Labute approximate surface area is 146 Å². The Morgan fingerprint density at radius 3 is 2.48 bits per heavy atom. The van der Waals surface area contributed by atoms with Crippen LogP contribution < -0.4 is 4.74 Å². The summed E-state index contributed by atoms with van der Waals surface area (Å²) >= 11 is 0. The van der Waals surface area contributed by atoms with Gasteiger partial charge >= 0.3 is 6.01 Å². The molecule has 2 aromatic rings. The molecular weight excluding hydrogens is 322 g/mol. The van der Waals surface area contributed by atoms with Gasteiger partial charge in [-0.1, -0.05) is 0 Å². The van der Waals surface area contributed by atoms with Crippen molar-refractivity contribution in [1.29, 1.82) is 0 Å². The van der Waals surface area contributed by atoms with E-state index in [1.165, 1.54) is 0 Å². The number of aliphatic hydroxyl groups excluding tert-OH is 1. The molecule has 0 radical (unpaired) electrons. The zero-order valence-corrected chi connectivity index (χ0v) is 14.3. The maximum absolute atomic E-state index is 9.94. The van der Waals surface area contributed by atoms with E-state index in [0.717, 1.165) is 37.1 Å². The third-order valence-electron chi connectivity index (χ3n) is 4.91. The number of rotatable bonds is 4. The molecule has 4 rings (SSSR count). The lowest BCUT2D eigenvalue weighted by Crippen LogP contribution is -2.48. The van der Waals surface area contributed by atoms with E-state index in [1.54, 1.807) is 23.3 Å². The smallest absolute Gasteiger partial charge is 0.316 e. The van der Waals surface area contributed by atoms with Gasteiger partial charge in [-0.25, -0.2) is 9.97 Å². The first-order valence-corrected chi connectivity index (χ1v) is 8.66. The molecule has 0 saturated carbocycles. The Kier molecular flexibility index (Phi) is 4.65. The van der Waals surface area contributed by atoms with Crippen molar-refractivity contribution >= 4 is 0 Å². The molecule has 1 N–H and O–H groups in total. The van der Waals surface area contributed by atoms with E-state index in [0.29, 0.717) is 19.2 Å². The number of ether oxygens (including phenoxy) is 2. The second kappa shape index (κ2) is 7.07. The number of aromatic nitrogens is 4. The first-order valence-electron chi connectivity index (χ1n) is 8.66. The van der Waals surface area contributed by atoms with Crippen molar-refractivity contribution in [3.8, 4) is 17.1 Å². The molecule has 2 aromatic heterocycles. The minimum atomic E-state index is -0.374. The highest BCUT2D eigenvalue weighted by atomic mass is 16.5. The molecule has 2 atom stereocenters. The molecule has 0 bridgehead atoms. The van der Waals surface area contributed by atoms with Gasteiger partial charge in [-0.15, -0.1) is 0 Å². The summed E-state index contributed by atoms with van der Waals surface area (Å²) in [5.74, 6) is 0. The third kappa shape index (κ3) is 3.65. The fourth-order valence-corrected chi connectivity index (χ4v) is 3.45. The van der Waals surface area contributed by atoms with Crippen molar-refractivity contribution in [2.75, 3.05) is 26.3 Å². The van der Waals surface area contributed by atoms with Crippen LogP contribution in [0.15, 0.2) is 24.8 Å². The molecule has 0 spiro atoms. The minimum absolute atomic E-state index is 0.111. The standard InChI is InChI=1S/C17H23N5O3/c1-21-9-13(8-20-21)12-6-18-17(19-7-12)25-14-2-4-22(5-3-14)15-10-24-11-16(15)23/h6-9,14-16,23H,2-5,10-11H2,1H3. The Balaban J connectivity index is 1.31. The normalized spacial score (nSPS) is 25.4. The molecule has 0 amide bonds. The Morgan fingerprint density at radius 2 is 1.88 bits per heavy atom. The summed E-state index contributed by atoms with van der Waals surface area (Å²) < 4.78 is 13.0. The molecule has 8 heteroatoms. The van der Waals surface area contributed by atoms with Gasteiger partial charge in [-0.2, -0.15) is 5.10 Å². The van der Waals surface area contributed by atoms with Crippen molar-refractivity contribution in [2.24, 2.45) is 7.05 Å². The average Bonchev–Trinajstić information content (AvgIpc) is 3.25. The maximum Gasteiger partial charge on any atom is 0.316 e. The van der Waals surface area contributed by atoms with Crippen molar-refractivity contribution in [3.05, 3.63) is 24.8 Å². The van der Waals surface area contributed by atoms with Crippen LogP contribution in [0.1, 0.15) is 12.8 Å². The van der Waals surface area contributed by atoms with Crippen LogP contribution in [-0.4, -0.2) is 74.3 Å². The van der Waals surface area contributed by atoms with Crippen molar-refractivity contribution in [3.63, 3.8) is 0 Å². The molecule has 2 aliphatic heterocycles. The predicted octanol–water partition coefficient (Wildman–Crippen LogP) is 0.480. The summed E-state index contributed by atoms with van der Waals surface area (Å²) in [6, 6.07) is 0.534. The fraction of sp³-hybridized carbons (Fsp3) is 0.588. The van der Waals surface area contributed by atoms with Crippen LogP contribution in [0.3, 0.4) is 0 Å². The lowest BCUT2D eigenvalue weighted by molar-refractivity contribution is 0.0334. The number of hydrogen-bond acceptors (Lipinski definition) is 7. The predicted molar refractivity (Wildman–Crippen MR) is 90.1 cm³/mol. The lowest BCUT2D eigenvalue weighted by Gasteiger charge is -2.36. The van der Waals surface area contributed by atoms with Crippen LogP contribution in [0, 0.1) is 0 Å². The zero-order chi connectivity index (χ0) is 17.2. The summed E-state index contributed by atoms with van der Waals surface area (Å²) in [7, 11) is 1.88. The van der Waals surface area contributed by atoms with Crippen LogP contribution in [0.4, 0.5) is 0 Å². The van der Waals surface area contributed by atoms with Gasteiger partial charge in [-0.05, 0) is 12.8 Å². The van der Waals surface area contributed by atoms with Gasteiger partial charge in [0.2, 0.25) is 0 Å². The zero-order valence-electron chi connectivity index (χ0n) is 14.3. The molecule has 25 heavy (non-hydrogen) atoms. The molecule has 8 nitrogen and oxygen atoms in total. The molecule has 2 fully saturated rings. The highest BCUT2D eigenvalue weighted by Crippen LogP contribution is 2.22. The van der Waals surface area contributed by atoms with Crippen LogP contribution >= 0.6 is 0 Å². The number of likely N-dealkylation sites (tertiary alicyclic amines) is 1. The van der Waals surface area contributed by atoms with Gasteiger partial charge in [-0.3, -0.25) is 9.58 Å². The number of aliphatic hydroxyl groups is 1. The monoisotopic (exact) mass is 345 g/mol. The van der Waals surface area contributed by atoms with Crippen molar-refractivity contribution in [1.82, 2.24) is 24.6 Å². The Morgan fingerprint density at radius 1 is 1.12 bits per heavy atom. The SMILES string of the molecule is Cn1cc(-c2cnc(OC3CCN(C4COCC4O)CC3)nc2)cn1. The maximum atomic E-state index is 9.94. The van der Waals surface area contributed by atoms with E-state index in [4.69, 9.17) is 9.47 Å². The third-order valence-corrected chi connectivity index (χ3v) is 4.91. The second-order valence-electron chi connectivity index (χ2n) is 6.68. The Bertz CT molecular complexity index is 697. The molecule has 2 unspecified atom stereocenters. The summed E-state index contributed by atoms with van der Waals surface area (Å²) in [5.41, 5.74) is 1.91. The highest BCUT2D eigenvalue weighted by molar-refractivity contribution is 5.59. The number of nitrogens with zero attached hydrogens (tertiary/aromatic N) is 5. The van der Waals surface area contributed by atoms with E-state index >= 15 is 0 Å². The van der Waals surface area contributed by atoms with E-state index < -0.39 is 0 Å². The molecule has 2 aliphatic rings.